The molecule has 9 heteroatoms. The Morgan fingerprint density at radius 2 is 2.21 bits per heavy atom. The molecule has 1 aliphatic carbocycles. The Kier molecular flexibility index (Phi) is 4.56. The number of H-pyrrole nitrogens is 1. The first kappa shape index (κ1) is 18.3. The lowest BCUT2D eigenvalue weighted by molar-refractivity contribution is -0.125. The van der Waals surface area contributed by atoms with Crippen LogP contribution in [0.25, 0.3) is 20.4 Å². The topological polar surface area (TPSA) is 99.8 Å². The number of thiophene rings is 1. The summed E-state index contributed by atoms with van der Waals surface area (Å²) in [6, 6.07) is 5.78. The summed E-state index contributed by atoms with van der Waals surface area (Å²) in [5.74, 6) is 0.934. The van der Waals surface area contributed by atoms with E-state index in [0.29, 0.717) is 6.54 Å². The molecule has 3 N–H and O–H groups in total. The second-order valence-corrected chi connectivity index (χ2v) is 9.19. The number of aromatic nitrogens is 3. The molecule has 0 fully saturated rings. The first-order valence-corrected chi connectivity index (χ1v) is 11.2. The van der Waals surface area contributed by atoms with Gasteiger partial charge in [0.15, 0.2) is 0 Å². The predicted octanol–water partition coefficient (Wildman–Crippen LogP) is 3.58. The van der Waals surface area contributed by atoms with Crippen molar-refractivity contribution in [3.8, 4) is 0 Å². The normalized spacial score (nSPS) is 16.1. The molecule has 5 rings (SSSR count). The Morgan fingerprint density at radius 1 is 1.31 bits per heavy atom. The summed E-state index contributed by atoms with van der Waals surface area (Å²) in [7, 11) is 0. The van der Waals surface area contributed by atoms with Gasteiger partial charge in [-0.3, -0.25) is 9.59 Å². The Morgan fingerprint density at radius 3 is 3.07 bits per heavy atom. The number of fused-ring (bicyclic) bond motifs is 4. The van der Waals surface area contributed by atoms with Crippen molar-refractivity contribution in [3.05, 3.63) is 44.6 Å². The Bertz CT molecular complexity index is 1290. The summed E-state index contributed by atoms with van der Waals surface area (Å²) in [6.07, 6.45) is 4.01. The van der Waals surface area contributed by atoms with E-state index in [4.69, 9.17) is 0 Å². The number of anilines is 2. The van der Waals surface area contributed by atoms with Gasteiger partial charge in [-0.05, 0) is 49.9 Å². The van der Waals surface area contributed by atoms with Gasteiger partial charge in [0.1, 0.15) is 17.0 Å². The number of hydrogen-bond donors (Lipinski definition) is 3. The van der Waals surface area contributed by atoms with E-state index in [1.807, 2.05) is 25.1 Å². The molecule has 7 nitrogen and oxygen atoms in total. The first-order valence-electron chi connectivity index (χ1n) is 9.55. The summed E-state index contributed by atoms with van der Waals surface area (Å²) in [4.78, 5) is 37.7. The maximum Gasteiger partial charge on any atom is 0.305 e. The van der Waals surface area contributed by atoms with Crippen LogP contribution in [0.3, 0.4) is 0 Å². The highest BCUT2D eigenvalue weighted by Crippen LogP contribution is 2.40. The van der Waals surface area contributed by atoms with Crippen LogP contribution >= 0.6 is 22.7 Å². The fourth-order valence-electron chi connectivity index (χ4n) is 3.91. The summed E-state index contributed by atoms with van der Waals surface area (Å²) in [5, 5.41) is 7.39. The zero-order valence-electron chi connectivity index (χ0n) is 15.7. The van der Waals surface area contributed by atoms with Gasteiger partial charge in [0.2, 0.25) is 5.91 Å². The van der Waals surface area contributed by atoms with Gasteiger partial charge in [0.25, 0.3) is 0 Å². The molecule has 1 aromatic carbocycles. The Hall–Kier alpha value is -2.78. The lowest BCUT2D eigenvalue weighted by Crippen LogP contribution is -2.33. The van der Waals surface area contributed by atoms with Gasteiger partial charge in [0.05, 0.1) is 15.6 Å². The van der Waals surface area contributed by atoms with Crippen molar-refractivity contribution in [3.63, 3.8) is 0 Å². The van der Waals surface area contributed by atoms with Crippen LogP contribution in [0, 0.1) is 5.92 Å². The van der Waals surface area contributed by atoms with Gasteiger partial charge in [-0.15, -0.1) is 11.3 Å². The number of benzene rings is 1. The lowest BCUT2D eigenvalue weighted by atomic mass is 9.87. The van der Waals surface area contributed by atoms with E-state index in [-0.39, 0.29) is 16.7 Å². The molecule has 1 atom stereocenters. The third-order valence-electron chi connectivity index (χ3n) is 5.25. The summed E-state index contributed by atoms with van der Waals surface area (Å²) in [5.41, 5.74) is 2.97. The molecular weight excluding hydrogens is 406 g/mol. The first-order chi connectivity index (χ1) is 14.1. The molecule has 3 aromatic heterocycles. The van der Waals surface area contributed by atoms with Crippen molar-refractivity contribution in [2.45, 2.75) is 26.2 Å². The molecule has 148 valence electrons. The van der Waals surface area contributed by atoms with Gasteiger partial charge in [-0.25, -0.2) is 9.97 Å². The zero-order valence-corrected chi connectivity index (χ0v) is 17.4. The number of carbonyl (C=O) groups excluding carboxylic acids is 1. The number of nitrogens with one attached hydrogen (secondary N) is 3. The minimum absolute atomic E-state index is 0.0265. The van der Waals surface area contributed by atoms with Gasteiger partial charge in [0, 0.05) is 23.0 Å². The van der Waals surface area contributed by atoms with Crippen molar-refractivity contribution in [1.29, 1.82) is 0 Å². The van der Waals surface area contributed by atoms with E-state index in [0.717, 1.165) is 51.2 Å². The van der Waals surface area contributed by atoms with Crippen LogP contribution in [0.4, 0.5) is 11.5 Å². The number of thiazole rings is 1. The molecule has 0 bridgehead atoms. The van der Waals surface area contributed by atoms with Crippen LogP contribution in [0.5, 0.6) is 0 Å². The van der Waals surface area contributed by atoms with E-state index in [9.17, 15) is 9.59 Å². The van der Waals surface area contributed by atoms with Crippen molar-refractivity contribution in [2.75, 3.05) is 11.9 Å². The van der Waals surface area contributed by atoms with Crippen LogP contribution in [0.2, 0.25) is 0 Å². The number of aromatic amines is 1. The van der Waals surface area contributed by atoms with E-state index in [2.05, 4.69) is 25.6 Å². The number of aryl methyl sites for hydroxylation is 1. The van der Waals surface area contributed by atoms with Crippen LogP contribution in [-0.4, -0.2) is 27.4 Å². The quantitative estimate of drug-likeness (QED) is 0.464. The molecule has 3 heterocycles. The van der Waals surface area contributed by atoms with Crippen molar-refractivity contribution in [1.82, 2.24) is 20.3 Å². The molecule has 1 amide bonds. The molecule has 0 spiro atoms. The van der Waals surface area contributed by atoms with Gasteiger partial charge in [-0.2, -0.15) is 0 Å². The highest BCUT2D eigenvalue weighted by molar-refractivity contribution is 7.19. The minimum atomic E-state index is -0.0601. The maximum atomic E-state index is 12.3. The average molecular weight is 426 g/mol. The molecule has 0 aliphatic heterocycles. The molecule has 0 unspecified atom stereocenters. The van der Waals surface area contributed by atoms with Gasteiger partial charge in [-0.1, -0.05) is 11.3 Å². The number of hydrogen-bond acceptors (Lipinski definition) is 7. The molecule has 29 heavy (non-hydrogen) atoms. The number of carbonyl (C=O) groups is 1. The molecule has 4 aromatic rings. The highest BCUT2D eigenvalue weighted by atomic mass is 32.1. The van der Waals surface area contributed by atoms with E-state index in [1.165, 1.54) is 21.8 Å². The van der Waals surface area contributed by atoms with Crippen LogP contribution in [0.15, 0.2) is 29.3 Å². The molecule has 0 radical (unpaired) electrons. The summed E-state index contributed by atoms with van der Waals surface area (Å²) >= 11 is 2.85. The number of amides is 1. The van der Waals surface area contributed by atoms with Gasteiger partial charge < -0.3 is 15.6 Å². The largest absolute Gasteiger partial charge is 0.356 e. The fourth-order valence-corrected chi connectivity index (χ4v) is 5.95. The Labute approximate surface area is 174 Å². The average Bonchev–Trinajstić information content (AvgIpc) is 3.26. The fraction of sp³-hybridized carbons (Fsp3) is 0.300. The SMILES string of the molecule is CCNC(=O)[C@@H]1CCc2c(sc3ncnc(Nc4ccc5[nH]c(=O)sc5c4)c23)C1. The number of rotatable bonds is 4. The van der Waals surface area contributed by atoms with Crippen LogP contribution in [0.1, 0.15) is 23.8 Å². The van der Waals surface area contributed by atoms with E-state index < -0.39 is 0 Å². The highest BCUT2D eigenvalue weighted by Gasteiger charge is 2.28. The van der Waals surface area contributed by atoms with E-state index >= 15 is 0 Å². The minimum Gasteiger partial charge on any atom is -0.356 e. The molecule has 0 saturated carbocycles. The summed E-state index contributed by atoms with van der Waals surface area (Å²) < 4.78 is 0.905. The van der Waals surface area contributed by atoms with E-state index in [1.54, 1.807) is 17.7 Å². The third-order valence-corrected chi connectivity index (χ3v) is 7.26. The smallest absolute Gasteiger partial charge is 0.305 e. The summed E-state index contributed by atoms with van der Waals surface area (Å²) in [6.45, 7) is 2.61. The monoisotopic (exact) mass is 425 g/mol. The van der Waals surface area contributed by atoms with Crippen molar-refractivity contribution < 1.29 is 4.79 Å². The zero-order chi connectivity index (χ0) is 20.0. The molecule has 0 saturated heterocycles. The third kappa shape index (κ3) is 3.30. The number of nitrogens with zero attached hydrogens (tertiary/aromatic N) is 2. The van der Waals surface area contributed by atoms with Crippen molar-refractivity contribution in [2.24, 2.45) is 5.92 Å². The van der Waals surface area contributed by atoms with Crippen LogP contribution < -0.4 is 15.5 Å². The predicted molar refractivity (Wildman–Crippen MR) is 117 cm³/mol. The van der Waals surface area contributed by atoms with Crippen LogP contribution in [-0.2, 0) is 17.6 Å². The maximum absolute atomic E-state index is 12.3. The Balaban J connectivity index is 1.50. The van der Waals surface area contributed by atoms with Gasteiger partial charge >= 0.3 is 4.87 Å². The molecule has 1 aliphatic rings. The second-order valence-electron chi connectivity index (χ2n) is 7.09. The van der Waals surface area contributed by atoms with Crippen molar-refractivity contribution >= 4 is 60.5 Å². The lowest BCUT2D eigenvalue weighted by Gasteiger charge is -2.21. The standard InChI is InChI=1S/C20H19N5O2S2/c1-2-21-18(26)10-3-5-12-14(7-10)28-19-16(12)17(22-9-23-19)24-11-4-6-13-15(8-11)29-20(27)25-13/h4,6,8-10H,2-3,5,7H2,1H3,(H,21,26)(H,25,27)(H,22,23,24)/t10-/m1/s1. The molecular formula is C20H19N5O2S2. The second kappa shape index (κ2) is 7.23.